The van der Waals surface area contributed by atoms with Crippen molar-refractivity contribution in [2.45, 2.75) is 50.7 Å². The van der Waals surface area contributed by atoms with Gasteiger partial charge in [0.15, 0.2) is 0 Å². The van der Waals surface area contributed by atoms with Gasteiger partial charge in [0, 0.05) is 7.05 Å². The minimum atomic E-state index is -0.227. The van der Waals surface area contributed by atoms with Gasteiger partial charge in [-0.3, -0.25) is 4.79 Å². The zero-order valence-corrected chi connectivity index (χ0v) is 14.8. The number of nitrogens with one attached hydrogen (secondary N) is 2. The van der Waals surface area contributed by atoms with Crippen LogP contribution in [-0.4, -0.2) is 23.9 Å². The van der Waals surface area contributed by atoms with E-state index in [1.165, 1.54) is 11.1 Å². The van der Waals surface area contributed by atoms with Crippen molar-refractivity contribution < 1.29 is 9.21 Å². The van der Waals surface area contributed by atoms with E-state index in [-0.39, 0.29) is 24.0 Å². The maximum absolute atomic E-state index is 13.0. The first kappa shape index (κ1) is 16.4. The number of carbonyl (C=O) groups excluding carboxylic acids is 1. The first-order chi connectivity index (χ1) is 12.1. The molecule has 1 fully saturated rings. The number of hydrogen-bond donors (Lipinski definition) is 2. The second kappa shape index (κ2) is 6.65. The third-order valence-electron chi connectivity index (χ3n) is 5.46. The number of likely N-dealkylation sites (N-methyl/N-ethyl adjacent to an activating group) is 1. The van der Waals surface area contributed by atoms with Crippen LogP contribution in [0.3, 0.4) is 0 Å². The van der Waals surface area contributed by atoms with Crippen LogP contribution in [0.2, 0.25) is 0 Å². The highest BCUT2D eigenvalue weighted by Crippen LogP contribution is 2.34. The van der Waals surface area contributed by atoms with Crippen molar-refractivity contribution in [3.63, 3.8) is 0 Å². The Kier molecular flexibility index (Phi) is 4.36. The summed E-state index contributed by atoms with van der Waals surface area (Å²) in [4.78, 5) is 15.0. The van der Waals surface area contributed by atoms with Crippen LogP contribution in [0.15, 0.2) is 40.8 Å². The Morgan fingerprint density at radius 3 is 2.84 bits per heavy atom. The molecule has 2 heterocycles. The molecule has 1 amide bonds. The Morgan fingerprint density at radius 1 is 1.20 bits per heavy atom. The molecule has 1 saturated heterocycles. The molecule has 132 valence electrons. The lowest BCUT2D eigenvalue weighted by atomic mass is 9.86. The molecule has 1 aromatic carbocycles. The summed E-state index contributed by atoms with van der Waals surface area (Å²) in [6.07, 6.45) is 3.96. The predicted octanol–water partition coefficient (Wildman–Crippen LogP) is 3.03. The zero-order chi connectivity index (χ0) is 17.4. The molecule has 3 unspecified atom stereocenters. The summed E-state index contributed by atoms with van der Waals surface area (Å²) in [5.41, 5.74) is 9.03. The maximum atomic E-state index is 13.0. The number of carbonyl (C=O) groups is 1. The van der Waals surface area contributed by atoms with Gasteiger partial charge in [0.05, 0.1) is 12.1 Å². The third-order valence-corrected chi connectivity index (χ3v) is 5.46. The minimum absolute atomic E-state index is 0.0368. The molecule has 5 nitrogen and oxygen atoms in total. The van der Waals surface area contributed by atoms with Crippen molar-refractivity contribution >= 4 is 5.91 Å². The number of fused-ring (bicyclic) bond motifs is 1. The van der Waals surface area contributed by atoms with E-state index in [1.807, 2.05) is 31.0 Å². The van der Waals surface area contributed by atoms with Crippen LogP contribution in [0.1, 0.15) is 54.0 Å². The summed E-state index contributed by atoms with van der Waals surface area (Å²) >= 11 is 0. The maximum Gasteiger partial charge on any atom is 0.241 e. The number of furan rings is 1. The van der Waals surface area contributed by atoms with Crippen LogP contribution in [0.5, 0.6) is 0 Å². The Bertz CT molecular complexity index is 770. The molecule has 0 bridgehead atoms. The molecule has 3 atom stereocenters. The fourth-order valence-electron chi connectivity index (χ4n) is 4.08. The van der Waals surface area contributed by atoms with Crippen LogP contribution in [0.25, 0.3) is 0 Å². The number of amides is 1. The van der Waals surface area contributed by atoms with Crippen molar-refractivity contribution in [3.05, 3.63) is 59.0 Å². The van der Waals surface area contributed by atoms with Crippen molar-refractivity contribution in [1.82, 2.24) is 15.8 Å². The van der Waals surface area contributed by atoms with E-state index in [2.05, 4.69) is 35.1 Å². The standard InChI is InChI=1S/C20H25N3O2/c1-13-10-11-19(25-13)16-12-17(22-21-16)20(24)23(2)18-9-5-7-14-6-3-4-8-15(14)18/h3-4,6,8,10-11,16-18,21-22H,5,7,9,12H2,1-2H3. The number of aryl methyl sites for hydroxylation is 2. The lowest BCUT2D eigenvalue weighted by Crippen LogP contribution is -2.45. The largest absolute Gasteiger partial charge is 0.465 e. The van der Waals surface area contributed by atoms with E-state index in [0.29, 0.717) is 6.42 Å². The average Bonchev–Trinajstić information content (AvgIpc) is 3.29. The molecule has 2 N–H and O–H groups in total. The normalized spacial score (nSPS) is 25.6. The number of benzene rings is 1. The van der Waals surface area contributed by atoms with E-state index < -0.39 is 0 Å². The van der Waals surface area contributed by atoms with Gasteiger partial charge in [0.1, 0.15) is 17.6 Å². The molecule has 5 heteroatoms. The fraction of sp³-hybridized carbons (Fsp3) is 0.450. The summed E-state index contributed by atoms with van der Waals surface area (Å²) in [7, 11) is 1.93. The molecular weight excluding hydrogens is 314 g/mol. The van der Waals surface area contributed by atoms with Gasteiger partial charge < -0.3 is 9.32 Å². The van der Waals surface area contributed by atoms with Crippen molar-refractivity contribution in [2.24, 2.45) is 0 Å². The Morgan fingerprint density at radius 2 is 2.04 bits per heavy atom. The Hall–Kier alpha value is -2.11. The fourth-order valence-corrected chi connectivity index (χ4v) is 4.08. The second-order valence-corrected chi connectivity index (χ2v) is 7.13. The van der Waals surface area contributed by atoms with Crippen molar-refractivity contribution in [3.8, 4) is 0 Å². The minimum Gasteiger partial charge on any atom is -0.465 e. The second-order valence-electron chi connectivity index (χ2n) is 7.13. The number of rotatable bonds is 3. The molecule has 0 saturated carbocycles. The molecule has 0 spiro atoms. The molecule has 0 radical (unpaired) electrons. The quantitative estimate of drug-likeness (QED) is 0.902. The predicted molar refractivity (Wildman–Crippen MR) is 95.8 cm³/mol. The van der Waals surface area contributed by atoms with Crippen molar-refractivity contribution in [2.75, 3.05) is 7.05 Å². The molecule has 1 aromatic heterocycles. The number of hydrogen-bond acceptors (Lipinski definition) is 4. The van der Waals surface area contributed by atoms with E-state index in [0.717, 1.165) is 30.8 Å². The first-order valence-corrected chi connectivity index (χ1v) is 9.05. The molecule has 2 aliphatic rings. The van der Waals surface area contributed by atoms with Crippen molar-refractivity contribution in [1.29, 1.82) is 0 Å². The van der Waals surface area contributed by atoms with Gasteiger partial charge >= 0.3 is 0 Å². The summed E-state index contributed by atoms with van der Waals surface area (Å²) < 4.78 is 5.69. The summed E-state index contributed by atoms with van der Waals surface area (Å²) in [5, 5.41) is 0. The lowest BCUT2D eigenvalue weighted by Gasteiger charge is -2.34. The highest BCUT2D eigenvalue weighted by atomic mass is 16.3. The van der Waals surface area contributed by atoms with Gasteiger partial charge in [-0.1, -0.05) is 24.3 Å². The van der Waals surface area contributed by atoms with E-state index >= 15 is 0 Å². The Labute approximate surface area is 148 Å². The van der Waals surface area contributed by atoms with Gasteiger partial charge in [-0.25, -0.2) is 10.9 Å². The first-order valence-electron chi connectivity index (χ1n) is 9.05. The smallest absolute Gasteiger partial charge is 0.241 e. The average molecular weight is 339 g/mol. The molecule has 2 aromatic rings. The summed E-state index contributed by atoms with van der Waals surface area (Å²) in [5.74, 6) is 1.91. The van der Waals surface area contributed by atoms with Crippen LogP contribution >= 0.6 is 0 Å². The third kappa shape index (κ3) is 3.10. The van der Waals surface area contributed by atoms with Crippen LogP contribution in [0.4, 0.5) is 0 Å². The topological polar surface area (TPSA) is 57.5 Å². The van der Waals surface area contributed by atoms with Gasteiger partial charge in [-0.2, -0.15) is 0 Å². The van der Waals surface area contributed by atoms with Gasteiger partial charge in [0.2, 0.25) is 5.91 Å². The van der Waals surface area contributed by atoms with Gasteiger partial charge in [0.25, 0.3) is 0 Å². The summed E-state index contributed by atoms with van der Waals surface area (Å²) in [6.45, 7) is 1.93. The lowest BCUT2D eigenvalue weighted by molar-refractivity contribution is -0.134. The van der Waals surface area contributed by atoms with Gasteiger partial charge in [-0.05, 0) is 55.9 Å². The molecule has 25 heavy (non-hydrogen) atoms. The number of hydrazine groups is 1. The van der Waals surface area contributed by atoms with Gasteiger partial charge in [-0.15, -0.1) is 0 Å². The molecule has 4 rings (SSSR count). The van der Waals surface area contributed by atoms with Crippen LogP contribution in [0, 0.1) is 6.92 Å². The van der Waals surface area contributed by atoms with E-state index in [4.69, 9.17) is 4.42 Å². The number of nitrogens with zero attached hydrogens (tertiary/aromatic N) is 1. The van der Waals surface area contributed by atoms with E-state index in [9.17, 15) is 4.79 Å². The zero-order valence-electron chi connectivity index (χ0n) is 14.8. The molecular formula is C20H25N3O2. The SMILES string of the molecule is Cc1ccc(C2CC(C(=O)N(C)C3CCCc4ccccc43)NN2)o1. The Balaban J connectivity index is 1.47. The highest BCUT2D eigenvalue weighted by molar-refractivity contribution is 5.82. The van der Waals surface area contributed by atoms with Crippen LogP contribution < -0.4 is 10.9 Å². The summed E-state index contributed by atoms with van der Waals surface area (Å²) in [6, 6.07) is 12.4. The van der Waals surface area contributed by atoms with Crippen LogP contribution in [-0.2, 0) is 11.2 Å². The highest BCUT2D eigenvalue weighted by Gasteiger charge is 2.36. The molecule has 1 aliphatic carbocycles. The van der Waals surface area contributed by atoms with E-state index in [1.54, 1.807) is 0 Å². The monoisotopic (exact) mass is 339 g/mol. The molecule has 1 aliphatic heterocycles.